The summed E-state index contributed by atoms with van der Waals surface area (Å²) in [6, 6.07) is 3.49. The molecule has 0 aliphatic heterocycles. The molecule has 0 aliphatic rings. The van der Waals surface area contributed by atoms with Crippen molar-refractivity contribution < 1.29 is 14.0 Å². The highest BCUT2D eigenvalue weighted by atomic mass is 16.3. The predicted molar refractivity (Wildman–Crippen MR) is 56.0 cm³/mol. The maximum Gasteiger partial charge on any atom is 0.244 e. The Morgan fingerprint density at radius 2 is 2.33 bits per heavy atom. The van der Waals surface area contributed by atoms with Crippen LogP contribution in [0.15, 0.2) is 28.9 Å². The fourth-order valence-corrected chi connectivity index (χ4v) is 0.965. The van der Waals surface area contributed by atoms with Crippen molar-refractivity contribution >= 4 is 17.8 Å². The van der Waals surface area contributed by atoms with Crippen molar-refractivity contribution in [3.63, 3.8) is 0 Å². The van der Waals surface area contributed by atoms with Gasteiger partial charge in [-0.1, -0.05) is 0 Å². The molecule has 1 rings (SSSR count). The van der Waals surface area contributed by atoms with Crippen LogP contribution < -0.4 is 5.32 Å². The highest BCUT2D eigenvalue weighted by molar-refractivity contribution is 5.91. The van der Waals surface area contributed by atoms with Gasteiger partial charge in [-0.2, -0.15) is 0 Å². The molecule has 0 aromatic carbocycles. The zero-order valence-corrected chi connectivity index (χ0v) is 8.53. The van der Waals surface area contributed by atoms with Crippen molar-refractivity contribution in [3.8, 4) is 0 Å². The lowest BCUT2D eigenvalue weighted by molar-refractivity contribution is -0.117. The summed E-state index contributed by atoms with van der Waals surface area (Å²) in [5.74, 6) is 0.453. The van der Waals surface area contributed by atoms with Gasteiger partial charge in [-0.15, -0.1) is 0 Å². The van der Waals surface area contributed by atoms with E-state index in [-0.39, 0.29) is 11.7 Å². The van der Waals surface area contributed by atoms with Crippen molar-refractivity contribution in [2.24, 2.45) is 0 Å². The highest BCUT2D eigenvalue weighted by Crippen LogP contribution is 2.01. The third-order valence-electron chi connectivity index (χ3n) is 1.72. The summed E-state index contributed by atoms with van der Waals surface area (Å²) in [6.07, 6.45) is 4.84. The van der Waals surface area contributed by atoms with Crippen LogP contribution in [0.2, 0.25) is 0 Å². The molecule has 4 heteroatoms. The molecule has 0 radical (unpaired) electrons. The molecule has 80 valence electrons. The molecule has 1 aromatic rings. The van der Waals surface area contributed by atoms with E-state index in [1.165, 1.54) is 19.3 Å². The van der Waals surface area contributed by atoms with Gasteiger partial charge in [0.25, 0.3) is 0 Å². The number of ketones is 1. The molecular weight excluding hydrogens is 194 g/mol. The minimum Gasteiger partial charge on any atom is -0.465 e. The van der Waals surface area contributed by atoms with Crippen LogP contribution in [0.4, 0.5) is 0 Å². The summed E-state index contributed by atoms with van der Waals surface area (Å²) in [7, 11) is 0. The first-order valence-electron chi connectivity index (χ1n) is 4.67. The van der Waals surface area contributed by atoms with Gasteiger partial charge in [0.05, 0.1) is 6.26 Å². The number of furan rings is 1. The lowest BCUT2D eigenvalue weighted by atomic mass is 10.3. The summed E-state index contributed by atoms with van der Waals surface area (Å²) in [5, 5.41) is 2.59. The third-order valence-corrected chi connectivity index (χ3v) is 1.72. The van der Waals surface area contributed by atoms with E-state index in [1.807, 2.05) is 0 Å². The lowest BCUT2D eigenvalue weighted by Gasteiger charge is -1.98. The van der Waals surface area contributed by atoms with Crippen LogP contribution in [-0.4, -0.2) is 18.2 Å². The summed E-state index contributed by atoms with van der Waals surface area (Å²) in [4.78, 5) is 21.8. The van der Waals surface area contributed by atoms with Gasteiger partial charge < -0.3 is 9.73 Å². The Kier molecular flexibility index (Phi) is 4.34. The Balaban J connectivity index is 2.27. The first-order valence-corrected chi connectivity index (χ1v) is 4.67. The Labute approximate surface area is 88.0 Å². The number of rotatable bonds is 5. The Bertz CT molecular complexity index is 352. The Morgan fingerprint density at radius 3 is 2.93 bits per heavy atom. The molecule has 0 aliphatic carbocycles. The highest BCUT2D eigenvalue weighted by Gasteiger charge is 1.97. The molecule has 1 amide bonds. The van der Waals surface area contributed by atoms with Gasteiger partial charge in [-0.25, -0.2) is 0 Å². The first kappa shape index (κ1) is 11.2. The summed E-state index contributed by atoms with van der Waals surface area (Å²) in [6.45, 7) is 1.86. The molecule has 0 spiro atoms. The fourth-order valence-electron chi connectivity index (χ4n) is 0.965. The van der Waals surface area contributed by atoms with Crippen LogP contribution in [0.25, 0.3) is 6.08 Å². The number of carbonyl (C=O) groups excluding carboxylic acids is 2. The second-order valence-electron chi connectivity index (χ2n) is 3.09. The van der Waals surface area contributed by atoms with Gasteiger partial charge >= 0.3 is 0 Å². The van der Waals surface area contributed by atoms with Crippen molar-refractivity contribution in [2.45, 2.75) is 13.3 Å². The van der Waals surface area contributed by atoms with Crippen LogP contribution in [0.3, 0.4) is 0 Å². The molecular formula is C11H13NO3. The quantitative estimate of drug-likeness (QED) is 0.742. The zero-order valence-electron chi connectivity index (χ0n) is 8.53. The first-order chi connectivity index (χ1) is 7.18. The molecule has 1 heterocycles. The number of nitrogens with one attached hydrogen (secondary N) is 1. The van der Waals surface area contributed by atoms with Gasteiger partial charge in [-0.05, 0) is 25.1 Å². The van der Waals surface area contributed by atoms with E-state index in [0.717, 1.165) is 0 Å². The molecule has 15 heavy (non-hydrogen) atoms. The molecule has 1 aromatic heterocycles. The van der Waals surface area contributed by atoms with Crippen molar-refractivity contribution in [3.05, 3.63) is 30.2 Å². The summed E-state index contributed by atoms with van der Waals surface area (Å²) in [5.41, 5.74) is 0. The van der Waals surface area contributed by atoms with E-state index in [9.17, 15) is 9.59 Å². The van der Waals surface area contributed by atoms with Crippen LogP contribution in [0.5, 0.6) is 0 Å². The maximum atomic E-state index is 11.2. The molecule has 0 bridgehead atoms. The van der Waals surface area contributed by atoms with E-state index in [4.69, 9.17) is 4.42 Å². The van der Waals surface area contributed by atoms with Crippen LogP contribution in [0, 0.1) is 0 Å². The maximum absolute atomic E-state index is 11.2. The molecule has 4 nitrogen and oxygen atoms in total. The van der Waals surface area contributed by atoms with Crippen molar-refractivity contribution in [1.29, 1.82) is 0 Å². The average molecular weight is 207 g/mol. The van der Waals surface area contributed by atoms with E-state index in [2.05, 4.69) is 5.32 Å². The topological polar surface area (TPSA) is 59.3 Å². The van der Waals surface area contributed by atoms with Gasteiger partial charge in [0.2, 0.25) is 5.91 Å². The largest absolute Gasteiger partial charge is 0.465 e. The monoisotopic (exact) mass is 207 g/mol. The van der Waals surface area contributed by atoms with Gasteiger partial charge in [-0.3, -0.25) is 9.59 Å². The third kappa shape index (κ3) is 4.81. The number of Topliss-reactive ketones (excluding diaryl/α,β-unsaturated/α-hetero) is 1. The normalized spacial score (nSPS) is 10.5. The van der Waals surface area contributed by atoms with Gasteiger partial charge in [0, 0.05) is 19.0 Å². The minimum atomic E-state index is -0.229. The predicted octanol–water partition coefficient (Wildman–Crippen LogP) is 1.39. The Morgan fingerprint density at radius 1 is 1.53 bits per heavy atom. The van der Waals surface area contributed by atoms with Crippen LogP contribution in [0.1, 0.15) is 19.1 Å². The number of hydrogen-bond donors (Lipinski definition) is 1. The fraction of sp³-hybridized carbons (Fsp3) is 0.273. The standard InChI is InChI=1S/C11H13NO3/c1-9(13)6-7-12-11(14)5-4-10-3-2-8-15-10/h2-5,8H,6-7H2,1H3,(H,12,14)/b5-4+. The number of hydrogen-bond acceptors (Lipinski definition) is 3. The van der Waals surface area contributed by atoms with Crippen molar-refractivity contribution in [2.75, 3.05) is 6.54 Å². The second-order valence-corrected chi connectivity index (χ2v) is 3.09. The second kappa shape index (κ2) is 5.80. The van der Waals surface area contributed by atoms with Crippen LogP contribution in [-0.2, 0) is 9.59 Å². The van der Waals surface area contributed by atoms with Crippen LogP contribution >= 0.6 is 0 Å². The van der Waals surface area contributed by atoms with Gasteiger partial charge in [0.15, 0.2) is 0 Å². The molecule has 0 saturated carbocycles. The summed E-state index contributed by atoms with van der Waals surface area (Å²) < 4.78 is 5.01. The molecule has 0 saturated heterocycles. The SMILES string of the molecule is CC(=O)CCNC(=O)/C=C/c1ccco1. The molecule has 0 fully saturated rings. The zero-order chi connectivity index (χ0) is 11.1. The number of amides is 1. The number of carbonyl (C=O) groups is 2. The Hall–Kier alpha value is -1.84. The van der Waals surface area contributed by atoms with E-state index >= 15 is 0 Å². The lowest BCUT2D eigenvalue weighted by Crippen LogP contribution is -2.23. The van der Waals surface area contributed by atoms with E-state index in [0.29, 0.717) is 18.7 Å². The molecule has 1 N–H and O–H groups in total. The van der Waals surface area contributed by atoms with E-state index in [1.54, 1.807) is 18.2 Å². The van der Waals surface area contributed by atoms with Gasteiger partial charge in [0.1, 0.15) is 11.5 Å². The molecule has 0 atom stereocenters. The van der Waals surface area contributed by atoms with Crippen molar-refractivity contribution in [1.82, 2.24) is 5.32 Å². The minimum absolute atomic E-state index is 0.0605. The average Bonchev–Trinajstić information content (AvgIpc) is 2.66. The smallest absolute Gasteiger partial charge is 0.244 e. The molecule has 0 unspecified atom stereocenters. The van der Waals surface area contributed by atoms with E-state index < -0.39 is 0 Å². The summed E-state index contributed by atoms with van der Waals surface area (Å²) >= 11 is 0.